The van der Waals surface area contributed by atoms with Gasteiger partial charge in [0.15, 0.2) is 0 Å². The molecule has 0 aromatic heterocycles. The summed E-state index contributed by atoms with van der Waals surface area (Å²) in [4.78, 5) is 13.8. The molecule has 1 aliphatic heterocycles. The summed E-state index contributed by atoms with van der Waals surface area (Å²) in [5, 5.41) is 8.87. The number of likely N-dealkylation sites (tertiary alicyclic amines) is 1. The van der Waals surface area contributed by atoms with Gasteiger partial charge in [-0.2, -0.15) is 5.26 Å². The molecular formula is C13H20N2O. The van der Waals surface area contributed by atoms with Gasteiger partial charge in [-0.15, -0.1) is 0 Å². The molecule has 3 heteroatoms. The van der Waals surface area contributed by atoms with Crippen LogP contribution in [0.15, 0.2) is 0 Å². The van der Waals surface area contributed by atoms with Crippen molar-refractivity contribution in [3.8, 4) is 6.07 Å². The normalized spacial score (nSPS) is 39.8. The largest absolute Gasteiger partial charge is 0.338 e. The fraction of sp³-hybridized carbons (Fsp3) is 0.846. The van der Waals surface area contributed by atoms with Gasteiger partial charge in [-0.1, -0.05) is 13.8 Å². The first-order chi connectivity index (χ1) is 7.61. The van der Waals surface area contributed by atoms with Crippen LogP contribution in [0.25, 0.3) is 0 Å². The van der Waals surface area contributed by atoms with E-state index in [4.69, 9.17) is 5.26 Å². The van der Waals surface area contributed by atoms with Crippen LogP contribution in [0.5, 0.6) is 0 Å². The lowest BCUT2D eigenvalue weighted by Gasteiger charge is -2.37. The van der Waals surface area contributed by atoms with Crippen LogP contribution in [-0.2, 0) is 4.79 Å². The van der Waals surface area contributed by atoms with E-state index in [0.717, 1.165) is 18.8 Å². The van der Waals surface area contributed by atoms with Crippen LogP contribution in [0.2, 0.25) is 0 Å². The maximum atomic E-state index is 11.8. The lowest BCUT2D eigenvalue weighted by molar-refractivity contribution is -0.130. The minimum Gasteiger partial charge on any atom is -0.338 e. The van der Waals surface area contributed by atoms with Gasteiger partial charge in [-0.3, -0.25) is 4.79 Å². The molecule has 0 radical (unpaired) electrons. The first kappa shape index (κ1) is 11.4. The molecule has 2 rings (SSSR count). The van der Waals surface area contributed by atoms with E-state index in [9.17, 15) is 4.79 Å². The summed E-state index contributed by atoms with van der Waals surface area (Å²) < 4.78 is 0. The van der Waals surface area contributed by atoms with Crippen molar-refractivity contribution in [3.63, 3.8) is 0 Å². The molecule has 0 N–H and O–H groups in total. The molecular weight excluding hydrogens is 200 g/mol. The van der Waals surface area contributed by atoms with Crippen LogP contribution < -0.4 is 0 Å². The van der Waals surface area contributed by atoms with Gasteiger partial charge in [0, 0.05) is 19.0 Å². The maximum absolute atomic E-state index is 11.8. The predicted octanol–water partition coefficient (Wildman–Crippen LogP) is 2.18. The first-order valence-corrected chi connectivity index (χ1v) is 6.31. The van der Waals surface area contributed by atoms with E-state index in [1.54, 1.807) is 0 Å². The second kappa shape index (κ2) is 4.45. The standard InChI is InChI=1S/C13H20N2O/c1-9-3-4-12(5-10(9)2)15-8-11(7-14)6-13(15)16/h9-12H,3-6,8H2,1-2H3. The molecule has 2 fully saturated rings. The van der Waals surface area contributed by atoms with Crippen LogP contribution in [-0.4, -0.2) is 23.4 Å². The predicted molar refractivity (Wildman–Crippen MR) is 61.4 cm³/mol. The van der Waals surface area contributed by atoms with Crippen molar-refractivity contribution in [2.45, 2.75) is 45.6 Å². The summed E-state index contributed by atoms with van der Waals surface area (Å²) in [6.45, 7) is 5.24. The number of nitriles is 1. The number of amides is 1. The van der Waals surface area contributed by atoms with Crippen molar-refractivity contribution >= 4 is 5.91 Å². The van der Waals surface area contributed by atoms with Crippen LogP contribution in [0.3, 0.4) is 0 Å². The number of hydrogen-bond donors (Lipinski definition) is 0. The molecule has 1 saturated carbocycles. The topological polar surface area (TPSA) is 44.1 Å². The van der Waals surface area contributed by atoms with Gasteiger partial charge in [0.05, 0.1) is 12.0 Å². The molecule has 1 heterocycles. The third kappa shape index (κ3) is 2.07. The average Bonchev–Trinajstić information content (AvgIpc) is 2.64. The Labute approximate surface area is 97.4 Å². The summed E-state index contributed by atoms with van der Waals surface area (Å²) in [6, 6.07) is 2.62. The number of carbonyl (C=O) groups excluding carboxylic acids is 1. The summed E-state index contributed by atoms with van der Waals surface area (Å²) in [5.41, 5.74) is 0. The van der Waals surface area contributed by atoms with Crippen molar-refractivity contribution in [1.29, 1.82) is 5.26 Å². The highest BCUT2D eigenvalue weighted by atomic mass is 16.2. The first-order valence-electron chi connectivity index (χ1n) is 6.31. The van der Waals surface area contributed by atoms with Crippen LogP contribution in [0.4, 0.5) is 0 Å². The molecule has 0 bridgehead atoms. The van der Waals surface area contributed by atoms with E-state index in [2.05, 4.69) is 19.9 Å². The lowest BCUT2D eigenvalue weighted by Crippen LogP contribution is -2.41. The Morgan fingerprint density at radius 3 is 2.62 bits per heavy atom. The van der Waals surface area contributed by atoms with E-state index in [1.165, 1.54) is 6.42 Å². The van der Waals surface area contributed by atoms with Gasteiger partial charge in [0.25, 0.3) is 0 Å². The molecule has 0 spiro atoms. The number of carbonyl (C=O) groups is 1. The van der Waals surface area contributed by atoms with E-state index in [0.29, 0.717) is 24.9 Å². The SMILES string of the molecule is CC1CCC(N2CC(C#N)CC2=O)CC1C. The Hall–Kier alpha value is -1.04. The molecule has 0 aromatic carbocycles. The van der Waals surface area contributed by atoms with Crippen molar-refractivity contribution in [2.75, 3.05) is 6.54 Å². The van der Waals surface area contributed by atoms with E-state index >= 15 is 0 Å². The fourth-order valence-electron chi connectivity index (χ4n) is 2.97. The molecule has 88 valence electrons. The molecule has 16 heavy (non-hydrogen) atoms. The lowest BCUT2D eigenvalue weighted by atomic mass is 9.78. The van der Waals surface area contributed by atoms with Crippen LogP contribution in [0, 0.1) is 29.1 Å². The Kier molecular flexibility index (Phi) is 3.18. The number of nitrogens with zero attached hydrogens (tertiary/aromatic N) is 2. The Bertz CT molecular complexity index is 320. The van der Waals surface area contributed by atoms with Gasteiger partial charge in [-0.05, 0) is 31.1 Å². The van der Waals surface area contributed by atoms with Crippen molar-refractivity contribution in [1.82, 2.24) is 4.90 Å². The highest BCUT2D eigenvalue weighted by Crippen LogP contribution is 2.34. The van der Waals surface area contributed by atoms with Crippen LogP contribution >= 0.6 is 0 Å². The zero-order valence-electron chi connectivity index (χ0n) is 10.1. The smallest absolute Gasteiger partial charge is 0.224 e. The highest BCUT2D eigenvalue weighted by molar-refractivity contribution is 5.79. The average molecular weight is 220 g/mol. The number of rotatable bonds is 1. The second-order valence-corrected chi connectivity index (χ2v) is 5.50. The molecule has 1 saturated heterocycles. The zero-order chi connectivity index (χ0) is 11.7. The monoisotopic (exact) mass is 220 g/mol. The second-order valence-electron chi connectivity index (χ2n) is 5.50. The van der Waals surface area contributed by atoms with Gasteiger partial charge in [-0.25, -0.2) is 0 Å². The summed E-state index contributed by atoms with van der Waals surface area (Å²) >= 11 is 0. The molecule has 1 aliphatic carbocycles. The third-order valence-electron chi connectivity index (χ3n) is 4.35. The summed E-state index contributed by atoms with van der Waals surface area (Å²) in [7, 11) is 0. The number of hydrogen-bond acceptors (Lipinski definition) is 2. The Morgan fingerprint density at radius 1 is 1.31 bits per heavy atom. The Morgan fingerprint density at radius 2 is 2.06 bits per heavy atom. The Balaban J connectivity index is 1.99. The van der Waals surface area contributed by atoms with Crippen LogP contribution in [0.1, 0.15) is 39.5 Å². The van der Waals surface area contributed by atoms with Gasteiger partial charge < -0.3 is 4.90 Å². The minimum atomic E-state index is -0.0674. The maximum Gasteiger partial charge on any atom is 0.224 e. The van der Waals surface area contributed by atoms with E-state index in [-0.39, 0.29) is 11.8 Å². The molecule has 4 unspecified atom stereocenters. The molecule has 2 aliphatic rings. The summed E-state index contributed by atoms with van der Waals surface area (Å²) in [5.74, 6) is 1.61. The third-order valence-corrected chi connectivity index (χ3v) is 4.35. The van der Waals surface area contributed by atoms with Crippen molar-refractivity contribution in [2.24, 2.45) is 17.8 Å². The van der Waals surface area contributed by atoms with Crippen molar-refractivity contribution < 1.29 is 4.79 Å². The highest BCUT2D eigenvalue weighted by Gasteiger charge is 2.37. The summed E-state index contributed by atoms with van der Waals surface area (Å²) in [6.07, 6.45) is 3.89. The van der Waals surface area contributed by atoms with Gasteiger partial charge >= 0.3 is 0 Å². The fourth-order valence-corrected chi connectivity index (χ4v) is 2.97. The van der Waals surface area contributed by atoms with E-state index in [1.807, 2.05) is 4.90 Å². The minimum absolute atomic E-state index is 0.0674. The van der Waals surface area contributed by atoms with Gasteiger partial charge in [0.1, 0.15) is 0 Å². The quantitative estimate of drug-likeness (QED) is 0.680. The van der Waals surface area contributed by atoms with Crippen molar-refractivity contribution in [3.05, 3.63) is 0 Å². The molecule has 3 nitrogen and oxygen atoms in total. The van der Waals surface area contributed by atoms with Gasteiger partial charge in [0.2, 0.25) is 5.91 Å². The zero-order valence-corrected chi connectivity index (χ0v) is 10.1. The molecule has 0 aromatic rings. The van der Waals surface area contributed by atoms with E-state index < -0.39 is 0 Å². The molecule has 4 atom stereocenters. The molecule has 1 amide bonds.